The van der Waals surface area contributed by atoms with Crippen LogP contribution in [0.2, 0.25) is 0 Å². The first-order chi connectivity index (χ1) is 9.61. The highest BCUT2D eigenvalue weighted by molar-refractivity contribution is 5.86. The number of methoxy groups -OCH3 is 1. The second-order valence-electron chi connectivity index (χ2n) is 4.62. The lowest BCUT2D eigenvalue weighted by Gasteiger charge is -2.33. The lowest BCUT2D eigenvalue weighted by atomic mass is 10.1. The van der Waals surface area contributed by atoms with Crippen molar-refractivity contribution in [2.24, 2.45) is 0 Å². The zero-order valence-corrected chi connectivity index (χ0v) is 11.4. The van der Waals surface area contributed by atoms with Crippen LogP contribution in [0.5, 0.6) is 0 Å². The Morgan fingerprint density at radius 3 is 2.75 bits per heavy atom. The van der Waals surface area contributed by atoms with Gasteiger partial charge in [-0.2, -0.15) is 0 Å². The molecule has 0 aliphatic carbocycles. The molecule has 1 aliphatic rings. The fraction of sp³-hybridized carbons (Fsp3) is 0.429. The smallest absolute Gasteiger partial charge is 0.331 e. The minimum absolute atomic E-state index is 0.117. The SMILES string of the molecule is COC(=O)C1COCCN1C(=O)Cc1ccc(N)cc1. The van der Waals surface area contributed by atoms with Gasteiger partial charge in [0, 0.05) is 12.2 Å². The number of benzene rings is 1. The molecule has 1 atom stereocenters. The minimum atomic E-state index is -0.657. The molecule has 1 saturated heterocycles. The maximum absolute atomic E-state index is 12.3. The Bertz CT molecular complexity index is 486. The van der Waals surface area contributed by atoms with Gasteiger partial charge in [-0.1, -0.05) is 12.1 Å². The monoisotopic (exact) mass is 278 g/mol. The van der Waals surface area contributed by atoms with E-state index in [0.29, 0.717) is 18.8 Å². The molecule has 6 heteroatoms. The fourth-order valence-corrected chi connectivity index (χ4v) is 2.15. The van der Waals surface area contributed by atoms with E-state index in [2.05, 4.69) is 0 Å². The molecule has 1 heterocycles. The first-order valence-electron chi connectivity index (χ1n) is 6.41. The van der Waals surface area contributed by atoms with Gasteiger partial charge in [-0.15, -0.1) is 0 Å². The van der Waals surface area contributed by atoms with Crippen molar-refractivity contribution in [3.63, 3.8) is 0 Å². The first kappa shape index (κ1) is 14.3. The van der Waals surface area contributed by atoms with Gasteiger partial charge >= 0.3 is 5.97 Å². The summed E-state index contributed by atoms with van der Waals surface area (Å²) >= 11 is 0. The Hall–Kier alpha value is -2.08. The molecule has 0 saturated carbocycles. The molecular weight excluding hydrogens is 260 g/mol. The van der Waals surface area contributed by atoms with Crippen molar-refractivity contribution in [3.05, 3.63) is 29.8 Å². The summed E-state index contributed by atoms with van der Waals surface area (Å²) in [5, 5.41) is 0. The Labute approximate surface area is 117 Å². The number of nitrogens with zero attached hydrogens (tertiary/aromatic N) is 1. The van der Waals surface area contributed by atoms with Crippen LogP contribution in [0.25, 0.3) is 0 Å². The second-order valence-corrected chi connectivity index (χ2v) is 4.62. The van der Waals surface area contributed by atoms with E-state index < -0.39 is 12.0 Å². The van der Waals surface area contributed by atoms with Crippen molar-refractivity contribution in [2.45, 2.75) is 12.5 Å². The van der Waals surface area contributed by atoms with Gasteiger partial charge in [-0.05, 0) is 17.7 Å². The molecule has 1 aliphatic heterocycles. The predicted octanol–water partition coefficient (Wildman–Crippen LogP) is 0.212. The summed E-state index contributed by atoms with van der Waals surface area (Å²) in [4.78, 5) is 25.5. The van der Waals surface area contributed by atoms with Crippen molar-refractivity contribution < 1.29 is 19.1 Å². The Morgan fingerprint density at radius 1 is 1.40 bits per heavy atom. The average Bonchev–Trinajstić information content (AvgIpc) is 2.48. The molecule has 6 nitrogen and oxygen atoms in total. The van der Waals surface area contributed by atoms with E-state index in [9.17, 15) is 9.59 Å². The van der Waals surface area contributed by atoms with E-state index in [1.165, 1.54) is 12.0 Å². The number of hydrogen-bond donors (Lipinski definition) is 1. The van der Waals surface area contributed by atoms with Crippen LogP contribution in [0, 0.1) is 0 Å². The topological polar surface area (TPSA) is 81.9 Å². The zero-order chi connectivity index (χ0) is 14.5. The van der Waals surface area contributed by atoms with Crippen molar-refractivity contribution in [2.75, 3.05) is 32.6 Å². The molecule has 0 aromatic heterocycles. The van der Waals surface area contributed by atoms with Crippen molar-refractivity contribution in [3.8, 4) is 0 Å². The molecule has 0 spiro atoms. The van der Waals surface area contributed by atoms with Crippen LogP contribution in [0.15, 0.2) is 24.3 Å². The average molecular weight is 278 g/mol. The normalized spacial score (nSPS) is 18.6. The number of morpholine rings is 1. The maximum atomic E-state index is 12.3. The highest BCUT2D eigenvalue weighted by Crippen LogP contribution is 2.13. The minimum Gasteiger partial charge on any atom is -0.467 e. The first-order valence-corrected chi connectivity index (χ1v) is 6.41. The van der Waals surface area contributed by atoms with E-state index in [1.54, 1.807) is 24.3 Å². The molecule has 1 fully saturated rings. The zero-order valence-electron chi connectivity index (χ0n) is 11.4. The molecule has 0 bridgehead atoms. The van der Waals surface area contributed by atoms with Crippen molar-refractivity contribution in [1.29, 1.82) is 0 Å². The number of carbonyl (C=O) groups is 2. The molecule has 1 unspecified atom stereocenters. The number of esters is 1. The largest absolute Gasteiger partial charge is 0.467 e. The Morgan fingerprint density at radius 2 is 2.10 bits per heavy atom. The van der Waals surface area contributed by atoms with Gasteiger partial charge < -0.3 is 20.1 Å². The standard InChI is InChI=1S/C14H18N2O4/c1-19-14(18)12-9-20-7-6-16(12)13(17)8-10-2-4-11(15)5-3-10/h2-5,12H,6-9,15H2,1H3. The molecule has 108 valence electrons. The third-order valence-electron chi connectivity index (χ3n) is 3.26. The van der Waals surface area contributed by atoms with Crippen LogP contribution in [0.1, 0.15) is 5.56 Å². The van der Waals surface area contributed by atoms with Crippen LogP contribution in [0.3, 0.4) is 0 Å². The summed E-state index contributed by atoms with van der Waals surface area (Å²) in [6.07, 6.45) is 0.230. The van der Waals surface area contributed by atoms with Gasteiger partial charge in [-0.25, -0.2) is 4.79 Å². The molecular formula is C14H18N2O4. The number of ether oxygens (including phenoxy) is 2. The summed E-state index contributed by atoms with van der Waals surface area (Å²) < 4.78 is 9.95. The second kappa shape index (κ2) is 6.38. The van der Waals surface area contributed by atoms with E-state index in [0.717, 1.165) is 5.56 Å². The number of nitrogen functional groups attached to an aromatic ring is 1. The number of anilines is 1. The summed E-state index contributed by atoms with van der Waals surface area (Å²) in [6.45, 7) is 1.01. The molecule has 1 aromatic rings. The third-order valence-corrected chi connectivity index (χ3v) is 3.26. The summed E-state index contributed by atoms with van der Waals surface area (Å²) in [6, 6.07) is 6.45. The quantitative estimate of drug-likeness (QED) is 0.631. The van der Waals surface area contributed by atoms with Gasteiger partial charge in [0.05, 0.1) is 26.7 Å². The van der Waals surface area contributed by atoms with E-state index in [-0.39, 0.29) is 18.9 Å². The predicted molar refractivity (Wildman–Crippen MR) is 72.9 cm³/mol. The number of hydrogen-bond acceptors (Lipinski definition) is 5. The van der Waals surface area contributed by atoms with Gasteiger partial charge in [0.1, 0.15) is 0 Å². The van der Waals surface area contributed by atoms with E-state index >= 15 is 0 Å². The lowest BCUT2D eigenvalue weighted by molar-refractivity contribution is -0.160. The molecule has 20 heavy (non-hydrogen) atoms. The van der Waals surface area contributed by atoms with Crippen molar-refractivity contribution >= 4 is 17.6 Å². The molecule has 1 aromatic carbocycles. The van der Waals surface area contributed by atoms with Crippen LogP contribution in [-0.2, 0) is 25.5 Å². The number of rotatable bonds is 3. The Balaban J connectivity index is 2.05. The third kappa shape index (κ3) is 3.27. The van der Waals surface area contributed by atoms with Crippen molar-refractivity contribution in [1.82, 2.24) is 4.90 Å². The lowest BCUT2D eigenvalue weighted by Crippen LogP contribution is -2.53. The number of carbonyl (C=O) groups excluding carboxylic acids is 2. The van der Waals surface area contributed by atoms with Gasteiger partial charge in [-0.3, -0.25) is 4.79 Å². The van der Waals surface area contributed by atoms with Crippen LogP contribution in [0.4, 0.5) is 5.69 Å². The van der Waals surface area contributed by atoms with Crippen LogP contribution >= 0.6 is 0 Å². The maximum Gasteiger partial charge on any atom is 0.331 e. The van der Waals surface area contributed by atoms with Crippen LogP contribution < -0.4 is 5.73 Å². The van der Waals surface area contributed by atoms with E-state index in [1.807, 2.05) is 0 Å². The molecule has 2 rings (SSSR count). The van der Waals surface area contributed by atoms with Gasteiger partial charge in [0.15, 0.2) is 6.04 Å². The Kier molecular flexibility index (Phi) is 4.57. The highest BCUT2D eigenvalue weighted by atomic mass is 16.5. The number of amides is 1. The van der Waals surface area contributed by atoms with Gasteiger partial charge in [0.25, 0.3) is 0 Å². The number of nitrogens with two attached hydrogens (primary N) is 1. The molecule has 2 N–H and O–H groups in total. The highest BCUT2D eigenvalue weighted by Gasteiger charge is 2.33. The fourth-order valence-electron chi connectivity index (χ4n) is 2.15. The van der Waals surface area contributed by atoms with Gasteiger partial charge in [0.2, 0.25) is 5.91 Å². The van der Waals surface area contributed by atoms with Crippen LogP contribution in [-0.4, -0.2) is 49.7 Å². The molecule has 0 radical (unpaired) electrons. The molecule has 1 amide bonds. The summed E-state index contributed by atoms with van der Waals surface area (Å²) in [7, 11) is 1.31. The summed E-state index contributed by atoms with van der Waals surface area (Å²) in [5.74, 6) is -0.566. The van der Waals surface area contributed by atoms with E-state index in [4.69, 9.17) is 15.2 Å². The summed E-state index contributed by atoms with van der Waals surface area (Å²) in [5.41, 5.74) is 7.12.